The van der Waals surface area contributed by atoms with E-state index >= 15 is 0 Å². The van der Waals surface area contributed by atoms with Crippen LogP contribution in [0, 0.1) is 0 Å². The first kappa shape index (κ1) is 17.3. The number of benzene rings is 1. The molecule has 0 bridgehead atoms. The Hall–Kier alpha value is -1.75. The Labute approximate surface area is 127 Å². The van der Waals surface area contributed by atoms with E-state index in [9.17, 15) is 4.79 Å². The summed E-state index contributed by atoms with van der Waals surface area (Å²) in [6, 6.07) is 6.04. The number of hydrogen-bond acceptors (Lipinski definition) is 4. The van der Waals surface area contributed by atoms with Gasteiger partial charge in [0.25, 0.3) is 0 Å². The molecule has 1 aromatic carbocycles. The van der Waals surface area contributed by atoms with Crippen molar-refractivity contribution < 1.29 is 14.3 Å². The molecular weight excluding hydrogens is 268 g/mol. The maximum absolute atomic E-state index is 11.6. The van der Waals surface area contributed by atoms with E-state index in [0.29, 0.717) is 13.0 Å². The van der Waals surface area contributed by atoms with E-state index in [0.717, 1.165) is 17.1 Å². The van der Waals surface area contributed by atoms with Crippen LogP contribution in [-0.4, -0.2) is 32.7 Å². The van der Waals surface area contributed by atoms with Gasteiger partial charge in [-0.25, -0.2) is 0 Å². The van der Waals surface area contributed by atoms with E-state index in [4.69, 9.17) is 9.47 Å². The van der Waals surface area contributed by atoms with Crippen molar-refractivity contribution in [3.8, 4) is 11.5 Å². The molecule has 0 fully saturated rings. The Bertz CT molecular complexity index is 461. The van der Waals surface area contributed by atoms with Crippen LogP contribution in [0.15, 0.2) is 18.2 Å². The molecule has 0 aliphatic carbocycles. The highest BCUT2D eigenvalue weighted by molar-refractivity contribution is 5.76. The van der Waals surface area contributed by atoms with Gasteiger partial charge >= 0.3 is 0 Å². The Kier molecular flexibility index (Phi) is 7.02. The van der Waals surface area contributed by atoms with Gasteiger partial charge in [-0.15, -0.1) is 0 Å². The molecule has 0 aromatic heterocycles. The summed E-state index contributed by atoms with van der Waals surface area (Å²) in [5, 5.41) is 6.03. The van der Waals surface area contributed by atoms with Crippen LogP contribution in [0.4, 0.5) is 0 Å². The van der Waals surface area contributed by atoms with Crippen molar-refractivity contribution in [2.45, 2.75) is 39.3 Å². The fourth-order valence-corrected chi connectivity index (χ4v) is 1.93. The molecule has 1 rings (SSSR count). The van der Waals surface area contributed by atoms with Crippen LogP contribution < -0.4 is 20.1 Å². The molecule has 0 saturated carbocycles. The third kappa shape index (κ3) is 5.63. The lowest BCUT2D eigenvalue weighted by atomic mass is 10.1. The minimum atomic E-state index is -0.00360. The zero-order valence-corrected chi connectivity index (χ0v) is 13.5. The minimum absolute atomic E-state index is 0.00360. The van der Waals surface area contributed by atoms with Crippen LogP contribution in [0.3, 0.4) is 0 Å². The molecule has 5 heteroatoms. The van der Waals surface area contributed by atoms with Crippen LogP contribution in [0.5, 0.6) is 11.5 Å². The highest BCUT2D eigenvalue weighted by Gasteiger charge is 2.12. The average Bonchev–Trinajstić information content (AvgIpc) is 2.45. The van der Waals surface area contributed by atoms with E-state index in [1.807, 2.05) is 39.1 Å². The first-order chi connectivity index (χ1) is 9.97. The standard InChI is InChI=1S/C16H26N2O3/c1-11(2)18-16(19)8-9-21-15-10-13(20-5)6-7-14(15)12(3)17-4/h6-7,10-12,17H,8-9H2,1-5H3,(H,18,19). The molecule has 0 radical (unpaired) electrons. The molecule has 2 N–H and O–H groups in total. The third-order valence-electron chi connectivity index (χ3n) is 3.16. The van der Waals surface area contributed by atoms with E-state index in [1.165, 1.54) is 0 Å². The Morgan fingerprint density at radius 3 is 2.57 bits per heavy atom. The molecule has 21 heavy (non-hydrogen) atoms. The van der Waals surface area contributed by atoms with E-state index < -0.39 is 0 Å². The normalized spacial score (nSPS) is 12.1. The van der Waals surface area contributed by atoms with Crippen molar-refractivity contribution in [2.24, 2.45) is 0 Å². The predicted octanol–water partition coefficient (Wildman–Crippen LogP) is 2.27. The quantitative estimate of drug-likeness (QED) is 0.772. The number of carbonyl (C=O) groups excluding carboxylic acids is 1. The highest BCUT2D eigenvalue weighted by atomic mass is 16.5. The van der Waals surface area contributed by atoms with Crippen LogP contribution >= 0.6 is 0 Å². The smallest absolute Gasteiger partial charge is 0.223 e. The topological polar surface area (TPSA) is 59.6 Å². The van der Waals surface area contributed by atoms with Crippen molar-refractivity contribution in [3.63, 3.8) is 0 Å². The summed E-state index contributed by atoms with van der Waals surface area (Å²) in [5.74, 6) is 1.48. The fourth-order valence-electron chi connectivity index (χ4n) is 1.93. The summed E-state index contributed by atoms with van der Waals surface area (Å²) in [4.78, 5) is 11.6. The van der Waals surface area contributed by atoms with Crippen molar-refractivity contribution in [2.75, 3.05) is 20.8 Å². The van der Waals surface area contributed by atoms with Gasteiger partial charge < -0.3 is 20.1 Å². The summed E-state index contributed by atoms with van der Waals surface area (Å²) in [6.45, 7) is 6.27. The second-order valence-corrected chi connectivity index (χ2v) is 5.23. The lowest BCUT2D eigenvalue weighted by molar-refractivity contribution is -0.122. The summed E-state index contributed by atoms with van der Waals surface area (Å²) in [6.07, 6.45) is 0.336. The number of hydrogen-bond donors (Lipinski definition) is 2. The largest absolute Gasteiger partial charge is 0.497 e. The number of rotatable bonds is 8. The van der Waals surface area contributed by atoms with Gasteiger partial charge in [-0.05, 0) is 33.9 Å². The maximum Gasteiger partial charge on any atom is 0.223 e. The molecule has 1 unspecified atom stereocenters. The molecule has 1 amide bonds. The van der Waals surface area contributed by atoms with Gasteiger partial charge in [0.2, 0.25) is 5.91 Å². The van der Waals surface area contributed by atoms with Crippen LogP contribution in [0.25, 0.3) is 0 Å². The van der Waals surface area contributed by atoms with Crippen molar-refractivity contribution in [1.82, 2.24) is 10.6 Å². The third-order valence-corrected chi connectivity index (χ3v) is 3.16. The fraction of sp³-hybridized carbons (Fsp3) is 0.562. The lowest BCUT2D eigenvalue weighted by Crippen LogP contribution is -2.31. The predicted molar refractivity (Wildman–Crippen MR) is 83.9 cm³/mol. The Morgan fingerprint density at radius 2 is 2.00 bits per heavy atom. The maximum atomic E-state index is 11.6. The second-order valence-electron chi connectivity index (χ2n) is 5.23. The molecule has 0 heterocycles. The zero-order valence-electron chi connectivity index (χ0n) is 13.5. The Morgan fingerprint density at radius 1 is 1.29 bits per heavy atom. The SMILES string of the molecule is CNC(C)c1ccc(OC)cc1OCCC(=O)NC(C)C. The van der Waals surface area contributed by atoms with Gasteiger partial charge in [0.05, 0.1) is 20.1 Å². The van der Waals surface area contributed by atoms with Crippen LogP contribution in [0.1, 0.15) is 38.8 Å². The number of amides is 1. The molecule has 0 aliphatic rings. The monoisotopic (exact) mass is 294 g/mol. The van der Waals surface area contributed by atoms with Gasteiger partial charge in [0, 0.05) is 23.7 Å². The van der Waals surface area contributed by atoms with Gasteiger partial charge in [-0.2, -0.15) is 0 Å². The van der Waals surface area contributed by atoms with E-state index in [1.54, 1.807) is 7.11 Å². The minimum Gasteiger partial charge on any atom is -0.497 e. The number of nitrogens with one attached hydrogen (secondary N) is 2. The second kappa shape index (κ2) is 8.52. The Balaban J connectivity index is 2.69. The highest BCUT2D eigenvalue weighted by Crippen LogP contribution is 2.29. The molecule has 1 atom stereocenters. The summed E-state index contributed by atoms with van der Waals surface area (Å²) >= 11 is 0. The number of ether oxygens (including phenoxy) is 2. The molecule has 0 aliphatic heterocycles. The molecule has 118 valence electrons. The number of methoxy groups -OCH3 is 1. The first-order valence-electron chi connectivity index (χ1n) is 7.25. The lowest BCUT2D eigenvalue weighted by Gasteiger charge is -2.17. The van der Waals surface area contributed by atoms with Crippen LogP contribution in [0.2, 0.25) is 0 Å². The summed E-state index contributed by atoms with van der Waals surface area (Å²) in [5.41, 5.74) is 1.04. The molecule has 0 saturated heterocycles. The van der Waals surface area contributed by atoms with Gasteiger partial charge in [0.15, 0.2) is 0 Å². The molecule has 1 aromatic rings. The zero-order chi connectivity index (χ0) is 15.8. The first-order valence-corrected chi connectivity index (χ1v) is 7.25. The van der Waals surface area contributed by atoms with Gasteiger partial charge in [-0.3, -0.25) is 4.79 Å². The van der Waals surface area contributed by atoms with Gasteiger partial charge in [-0.1, -0.05) is 6.07 Å². The number of carbonyl (C=O) groups is 1. The van der Waals surface area contributed by atoms with Crippen LogP contribution in [-0.2, 0) is 4.79 Å². The summed E-state index contributed by atoms with van der Waals surface area (Å²) < 4.78 is 11.0. The summed E-state index contributed by atoms with van der Waals surface area (Å²) in [7, 11) is 3.52. The van der Waals surface area contributed by atoms with Gasteiger partial charge in [0.1, 0.15) is 11.5 Å². The van der Waals surface area contributed by atoms with E-state index in [-0.39, 0.29) is 18.0 Å². The van der Waals surface area contributed by atoms with Crippen molar-refractivity contribution >= 4 is 5.91 Å². The average molecular weight is 294 g/mol. The van der Waals surface area contributed by atoms with E-state index in [2.05, 4.69) is 17.6 Å². The van der Waals surface area contributed by atoms with Crippen molar-refractivity contribution in [1.29, 1.82) is 0 Å². The van der Waals surface area contributed by atoms with Crippen molar-refractivity contribution in [3.05, 3.63) is 23.8 Å². The molecular formula is C16H26N2O3. The molecule has 5 nitrogen and oxygen atoms in total. The molecule has 0 spiro atoms.